The smallest absolute Gasteiger partial charge is 0.337 e. The van der Waals surface area contributed by atoms with E-state index in [1.54, 1.807) is 47.8 Å². The molecule has 35 heavy (non-hydrogen) atoms. The van der Waals surface area contributed by atoms with E-state index in [1.165, 1.54) is 23.5 Å². The third-order valence-electron chi connectivity index (χ3n) is 5.81. The van der Waals surface area contributed by atoms with Crippen molar-refractivity contribution in [2.24, 2.45) is 0 Å². The van der Waals surface area contributed by atoms with Crippen molar-refractivity contribution in [3.8, 4) is 5.75 Å². The minimum absolute atomic E-state index is 0.0284. The van der Waals surface area contributed by atoms with Gasteiger partial charge >= 0.3 is 5.97 Å². The van der Waals surface area contributed by atoms with Crippen molar-refractivity contribution in [2.75, 3.05) is 16.8 Å². The van der Waals surface area contributed by atoms with Gasteiger partial charge in [0.05, 0.1) is 22.7 Å². The number of hydrogen-bond donors (Lipinski definition) is 2. The molecule has 1 atom stereocenters. The summed E-state index contributed by atoms with van der Waals surface area (Å²) in [7, 11) is 0. The molecule has 0 spiro atoms. The first-order valence-electron chi connectivity index (χ1n) is 11.0. The molecule has 2 N–H and O–H groups in total. The van der Waals surface area contributed by atoms with Crippen LogP contribution >= 0.6 is 11.3 Å². The number of rotatable bonds is 5. The van der Waals surface area contributed by atoms with Crippen molar-refractivity contribution < 1.29 is 23.8 Å². The standard InChI is InChI=1S/C27H21FN2O4S/c28-21-8-3-2-7-19(21)24-16-30(15-17-6-1-4-9-23(17)34-24)22-12-11-18(14-20(22)27(32)33)29-26(31)25-10-5-13-35-25/h1-14,24H,15-16H2,(H,29,31)(H,32,33). The van der Waals surface area contributed by atoms with Crippen molar-refractivity contribution in [2.45, 2.75) is 12.6 Å². The number of carboxylic acids is 1. The van der Waals surface area contributed by atoms with Crippen LogP contribution in [0.25, 0.3) is 0 Å². The van der Waals surface area contributed by atoms with Crippen molar-refractivity contribution in [1.29, 1.82) is 0 Å². The third kappa shape index (κ3) is 4.74. The van der Waals surface area contributed by atoms with Gasteiger partial charge in [0.15, 0.2) is 0 Å². The molecule has 2 heterocycles. The van der Waals surface area contributed by atoms with Gasteiger partial charge in [-0.1, -0.05) is 42.5 Å². The Balaban J connectivity index is 1.52. The second kappa shape index (κ2) is 9.60. The molecule has 1 unspecified atom stereocenters. The van der Waals surface area contributed by atoms with E-state index in [4.69, 9.17) is 4.74 Å². The average Bonchev–Trinajstić information content (AvgIpc) is 3.33. The van der Waals surface area contributed by atoms with Gasteiger partial charge in [0, 0.05) is 23.4 Å². The number of thiophene rings is 1. The molecule has 0 fully saturated rings. The first-order valence-corrected chi connectivity index (χ1v) is 11.8. The summed E-state index contributed by atoms with van der Waals surface area (Å²) in [6.07, 6.45) is -0.653. The van der Waals surface area contributed by atoms with Crippen LogP contribution in [0.3, 0.4) is 0 Å². The Bertz CT molecular complexity index is 1390. The number of aromatic carboxylic acids is 1. The maximum atomic E-state index is 14.7. The minimum Gasteiger partial charge on any atom is -0.483 e. The molecule has 0 saturated carbocycles. The van der Waals surface area contributed by atoms with E-state index in [0.717, 1.165) is 5.56 Å². The van der Waals surface area contributed by atoms with E-state index in [2.05, 4.69) is 5.32 Å². The zero-order valence-electron chi connectivity index (χ0n) is 18.5. The number of carboxylic acid groups (broad SMARTS) is 1. The molecule has 4 aromatic rings. The van der Waals surface area contributed by atoms with E-state index >= 15 is 0 Å². The van der Waals surface area contributed by atoms with Crippen LogP contribution in [-0.4, -0.2) is 23.5 Å². The minimum atomic E-state index is -1.13. The van der Waals surface area contributed by atoms with E-state index in [1.807, 2.05) is 29.2 Å². The molecule has 0 radical (unpaired) electrons. The van der Waals surface area contributed by atoms with Crippen molar-refractivity contribution >= 4 is 34.6 Å². The Morgan fingerprint density at radius 3 is 2.60 bits per heavy atom. The lowest BCUT2D eigenvalue weighted by atomic mass is 10.1. The van der Waals surface area contributed by atoms with Crippen molar-refractivity contribution in [3.63, 3.8) is 0 Å². The number of anilines is 2. The summed E-state index contributed by atoms with van der Waals surface area (Å²) < 4.78 is 20.9. The summed E-state index contributed by atoms with van der Waals surface area (Å²) in [5.41, 5.74) is 2.11. The van der Waals surface area contributed by atoms with E-state index in [-0.39, 0.29) is 23.8 Å². The first kappa shape index (κ1) is 22.6. The van der Waals surface area contributed by atoms with Crippen molar-refractivity contribution in [3.05, 3.63) is 112 Å². The lowest BCUT2D eigenvalue weighted by Gasteiger charge is -2.28. The zero-order chi connectivity index (χ0) is 24.4. The SMILES string of the molecule is O=C(Nc1ccc(N2Cc3ccccc3OC(c3ccccc3F)C2)c(C(=O)O)c1)c1cccs1. The molecule has 1 aliphatic rings. The number of nitrogens with zero attached hydrogens (tertiary/aromatic N) is 1. The predicted molar refractivity (Wildman–Crippen MR) is 133 cm³/mol. The first-order chi connectivity index (χ1) is 17.0. The summed E-state index contributed by atoms with van der Waals surface area (Å²) in [6, 6.07) is 22.1. The number of hydrogen-bond acceptors (Lipinski definition) is 5. The van der Waals surface area contributed by atoms with Crippen molar-refractivity contribution in [1.82, 2.24) is 0 Å². The zero-order valence-corrected chi connectivity index (χ0v) is 19.3. The van der Waals surface area contributed by atoms with Gasteiger partial charge in [-0.15, -0.1) is 11.3 Å². The summed E-state index contributed by atoms with van der Waals surface area (Å²) in [5, 5.41) is 14.6. The highest BCUT2D eigenvalue weighted by atomic mass is 32.1. The van der Waals surface area contributed by atoms with E-state index in [9.17, 15) is 19.1 Å². The number of halogens is 1. The molecule has 8 heteroatoms. The summed E-state index contributed by atoms with van der Waals surface area (Å²) >= 11 is 1.30. The highest BCUT2D eigenvalue weighted by Crippen LogP contribution is 2.36. The Kier molecular flexibility index (Phi) is 6.20. The van der Waals surface area contributed by atoms with Crippen LogP contribution < -0.4 is 15.0 Å². The molecule has 0 saturated heterocycles. The number of benzene rings is 3. The van der Waals surface area contributed by atoms with Crippen LogP contribution in [0.4, 0.5) is 15.8 Å². The molecule has 3 aromatic carbocycles. The summed E-state index contributed by atoms with van der Waals surface area (Å²) in [5.74, 6) is -1.20. The lowest BCUT2D eigenvalue weighted by Crippen LogP contribution is -2.30. The quantitative estimate of drug-likeness (QED) is 0.361. The van der Waals surface area contributed by atoms with Gasteiger partial charge in [-0.3, -0.25) is 4.79 Å². The van der Waals surface area contributed by atoms with Crippen LogP contribution in [0.1, 0.15) is 37.3 Å². The number of carbonyl (C=O) groups excluding carboxylic acids is 1. The number of ether oxygens (including phenoxy) is 1. The molecular formula is C27H21FN2O4S. The fourth-order valence-electron chi connectivity index (χ4n) is 4.15. The highest BCUT2D eigenvalue weighted by Gasteiger charge is 2.28. The second-order valence-corrected chi connectivity index (χ2v) is 9.03. The normalized spacial score (nSPS) is 15.0. The van der Waals surface area contributed by atoms with Gasteiger partial charge in [0.2, 0.25) is 0 Å². The second-order valence-electron chi connectivity index (χ2n) is 8.08. The molecule has 0 bridgehead atoms. The topological polar surface area (TPSA) is 78.9 Å². The van der Waals surface area contributed by atoms with Gasteiger partial charge in [-0.05, 0) is 41.8 Å². The van der Waals surface area contributed by atoms with Crippen LogP contribution in [0, 0.1) is 5.82 Å². The van der Waals surface area contributed by atoms with Crippen LogP contribution in [0.2, 0.25) is 0 Å². The Morgan fingerprint density at radius 1 is 1.03 bits per heavy atom. The van der Waals surface area contributed by atoms with E-state index in [0.29, 0.717) is 34.1 Å². The number of amides is 1. The molecule has 0 aliphatic carbocycles. The van der Waals surface area contributed by atoms with Crippen LogP contribution in [-0.2, 0) is 6.54 Å². The fourth-order valence-corrected chi connectivity index (χ4v) is 4.77. The summed E-state index contributed by atoms with van der Waals surface area (Å²) in [4.78, 5) is 27.1. The van der Waals surface area contributed by atoms with Gasteiger partial charge in [-0.25, -0.2) is 9.18 Å². The Morgan fingerprint density at radius 2 is 1.83 bits per heavy atom. The number of fused-ring (bicyclic) bond motifs is 1. The predicted octanol–water partition coefficient (Wildman–Crippen LogP) is 5.98. The molecular weight excluding hydrogens is 467 g/mol. The maximum absolute atomic E-state index is 14.7. The van der Waals surface area contributed by atoms with E-state index < -0.39 is 12.1 Å². The average molecular weight is 489 g/mol. The van der Waals surface area contributed by atoms with Gasteiger partial charge < -0.3 is 20.1 Å². The fraction of sp³-hybridized carbons (Fsp3) is 0.111. The molecule has 1 aliphatic heterocycles. The van der Waals surface area contributed by atoms with Gasteiger partial charge in [-0.2, -0.15) is 0 Å². The Labute approximate surface area is 205 Å². The van der Waals surface area contributed by atoms with Gasteiger partial charge in [0.25, 0.3) is 5.91 Å². The number of nitrogens with one attached hydrogen (secondary N) is 1. The number of para-hydroxylation sites is 1. The number of carbonyl (C=O) groups is 2. The van der Waals surface area contributed by atoms with Crippen LogP contribution in [0.15, 0.2) is 84.2 Å². The molecule has 1 aromatic heterocycles. The largest absolute Gasteiger partial charge is 0.483 e. The molecule has 5 rings (SSSR count). The third-order valence-corrected chi connectivity index (χ3v) is 6.68. The monoisotopic (exact) mass is 488 g/mol. The molecule has 1 amide bonds. The Hall–Kier alpha value is -4.17. The summed E-state index contributed by atoms with van der Waals surface area (Å²) in [6.45, 7) is 0.610. The highest BCUT2D eigenvalue weighted by molar-refractivity contribution is 7.12. The molecule has 6 nitrogen and oxygen atoms in total. The molecule has 176 valence electrons. The maximum Gasteiger partial charge on any atom is 0.337 e. The lowest BCUT2D eigenvalue weighted by molar-refractivity contribution is 0.0697. The van der Waals surface area contributed by atoms with Crippen LogP contribution in [0.5, 0.6) is 5.75 Å². The van der Waals surface area contributed by atoms with Gasteiger partial charge in [0.1, 0.15) is 17.7 Å².